The molecule has 2 aromatic carbocycles. The smallest absolute Gasteiger partial charge is 0.0935 e. The highest BCUT2D eigenvalue weighted by atomic mass is 15.1. The zero-order chi connectivity index (χ0) is 10.8. The standard InChI is InChI=1S/C14H10N2/c1-2-6-12-11(5-1)9-10-15-16-14-8-4-3-7-13(12)14/h1-10H. The van der Waals surface area contributed by atoms with Crippen molar-refractivity contribution in [2.75, 3.05) is 0 Å². The van der Waals surface area contributed by atoms with Crippen LogP contribution in [0.15, 0.2) is 65.0 Å². The molecule has 0 unspecified atom stereocenters. The van der Waals surface area contributed by atoms with Crippen molar-refractivity contribution in [2.24, 2.45) is 10.2 Å². The molecule has 0 spiro atoms. The molecule has 0 radical (unpaired) electrons. The summed E-state index contributed by atoms with van der Waals surface area (Å²) in [6.07, 6.45) is 3.71. The lowest BCUT2D eigenvalue weighted by Crippen LogP contribution is -1.84. The first kappa shape index (κ1) is 9.04. The zero-order valence-corrected chi connectivity index (χ0v) is 8.67. The third-order valence-corrected chi connectivity index (χ3v) is 2.64. The minimum absolute atomic E-state index is 0.916. The second-order valence-electron chi connectivity index (χ2n) is 3.64. The molecule has 0 aromatic heterocycles. The Balaban J connectivity index is 2.34. The number of fused-ring (bicyclic) bond motifs is 3. The molecule has 2 nitrogen and oxygen atoms in total. The molecule has 0 fully saturated rings. The highest BCUT2D eigenvalue weighted by Gasteiger charge is 2.08. The molecule has 0 bridgehead atoms. The van der Waals surface area contributed by atoms with Crippen LogP contribution >= 0.6 is 0 Å². The van der Waals surface area contributed by atoms with E-state index in [0.29, 0.717) is 0 Å². The van der Waals surface area contributed by atoms with Gasteiger partial charge in [0.05, 0.1) is 11.9 Å². The third-order valence-electron chi connectivity index (χ3n) is 2.64. The first-order valence-corrected chi connectivity index (χ1v) is 5.21. The van der Waals surface area contributed by atoms with Crippen LogP contribution in [0.3, 0.4) is 0 Å². The fourth-order valence-corrected chi connectivity index (χ4v) is 1.89. The van der Waals surface area contributed by atoms with Crippen LogP contribution in [0.2, 0.25) is 0 Å². The van der Waals surface area contributed by atoms with E-state index in [1.165, 1.54) is 11.1 Å². The van der Waals surface area contributed by atoms with Crippen molar-refractivity contribution in [2.45, 2.75) is 0 Å². The Kier molecular flexibility index (Phi) is 2.11. The van der Waals surface area contributed by atoms with Crippen molar-refractivity contribution in [1.82, 2.24) is 0 Å². The minimum Gasteiger partial charge on any atom is -0.159 e. The summed E-state index contributed by atoms with van der Waals surface area (Å²) in [5.74, 6) is 0. The zero-order valence-electron chi connectivity index (χ0n) is 8.67. The molecule has 0 aliphatic carbocycles. The van der Waals surface area contributed by atoms with Gasteiger partial charge in [-0.2, -0.15) is 10.2 Å². The number of benzene rings is 2. The number of azo groups is 1. The maximum Gasteiger partial charge on any atom is 0.0935 e. The molecule has 3 rings (SSSR count). The molecule has 0 saturated heterocycles. The molecule has 0 atom stereocenters. The van der Waals surface area contributed by atoms with Crippen LogP contribution in [-0.4, -0.2) is 0 Å². The first-order valence-electron chi connectivity index (χ1n) is 5.21. The van der Waals surface area contributed by atoms with Gasteiger partial charge < -0.3 is 0 Å². The van der Waals surface area contributed by atoms with Crippen LogP contribution in [0.5, 0.6) is 0 Å². The second-order valence-corrected chi connectivity index (χ2v) is 3.64. The predicted octanol–water partition coefficient (Wildman–Crippen LogP) is 4.42. The van der Waals surface area contributed by atoms with E-state index < -0.39 is 0 Å². The molecular weight excluding hydrogens is 196 g/mol. The maximum atomic E-state index is 4.18. The van der Waals surface area contributed by atoms with E-state index in [1.54, 1.807) is 6.20 Å². The van der Waals surface area contributed by atoms with E-state index >= 15 is 0 Å². The van der Waals surface area contributed by atoms with Crippen molar-refractivity contribution < 1.29 is 0 Å². The summed E-state index contributed by atoms with van der Waals surface area (Å²) in [6, 6.07) is 16.3. The van der Waals surface area contributed by atoms with E-state index in [4.69, 9.17) is 0 Å². The van der Waals surface area contributed by atoms with Crippen molar-refractivity contribution in [3.05, 3.63) is 60.3 Å². The van der Waals surface area contributed by atoms with Crippen LogP contribution in [-0.2, 0) is 0 Å². The van der Waals surface area contributed by atoms with Crippen molar-refractivity contribution in [3.63, 3.8) is 0 Å². The number of hydrogen-bond acceptors (Lipinski definition) is 2. The third kappa shape index (κ3) is 1.44. The van der Waals surface area contributed by atoms with E-state index in [1.807, 2.05) is 36.4 Å². The Morgan fingerprint density at radius 3 is 2.44 bits per heavy atom. The lowest BCUT2D eigenvalue weighted by molar-refractivity contribution is 1.23. The van der Waals surface area contributed by atoms with Crippen molar-refractivity contribution in [1.29, 1.82) is 0 Å². The summed E-state index contributed by atoms with van der Waals surface area (Å²) in [5.41, 5.74) is 4.42. The Labute approximate surface area is 94.0 Å². The fourth-order valence-electron chi connectivity index (χ4n) is 1.89. The summed E-state index contributed by atoms with van der Waals surface area (Å²) < 4.78 is 0. The van der Waals surface area contributed by atoms with Crippen LogP contribution in [0.4, 0.5) is 5.69 Å². The van der Waals surface area contributed by atoms with Crippen LogP contribution in [0, 0.1) is 0 Å². The molecule has 2 aromatic rings. The largest absolute Gasteiger partial charge is 0.159 e. The van der Waals surface area contributed by atoms with Gasteiger partial charge in [0.2, 0.25) is 0 Å². The lowest BCUT2D eigenvalue weighted by Gasteiger charge is -2.09. The second kappa shape index (κ2) is 3.74. The van der Waals surface area contributed by atoms with Crippen LogP contribution in [0.25, 0.3) is 17.2 Å². The summed E-state index contributed by atoms with van der Waals surface area (Å²) in [6.45, 7) is 0. The Bertz CT molecular complexity index is 529. The summed E-state index contributed by atoms with van der Waals surface area (Å²) >= 11 is 0. The molecular formula is C14H10N2. The van der Waals surface area contributed by atoms with Gasteiger partial charge in [-0.1, -0.05) is 42.5 Å². The van der Waals surface area contributed by atoms with E-state index in [0.717, 1.165) is 11.3 Å². The topological polar surface area (TPSA) is 24.7 Å². The van der Waals surface area contributed by atoms with Crippen molar-refractivity contribution in [3.8, 4) is 11.1 Å². The molecule has 0 amide bonds. The summed E-state index contributed by atoms with van der Waals surface area (Å²) in [5, 5.41) is 8.20. The van der Waals surface area contributed by atoms with Gasteiger partial charge in [0.1, 0.15) is 0 Å². The van der Waals surface area contributed by atoms with E-state index in [2.05, 4.69) is 28.4 Å². The molecule has 0 saturated carbocycles. The van der Waals surface area contributed by atoms with E-state index in [-0.39, 0.29) is 0 Å². The molecule has 2 heteroatoms. The van der Waals surface area contributed by atoms with Crippen LogP contribution < -0.4 is 0 Å². The van der Waals surface area contributed by atoms with Crippen molar-refractivity contribution >= 4 is 11.8 Å². The molecule has 76 valence electrons. The normalized spacial score (nSPS) is 12.5. The monoisotopic (exact) mass is 206 g/mol. The summed E-state index contributed by atoms with van der Waals surface area (Å²) in [7, 11) is 0. The highest BCUT2D eigenvalue weighted by Crippen LogP contribution is 2.34. The summed E-state index contributed by atoms with van der Waals surface area (Å²) in [4.78, 5) is 0. The number of hydrogen-bond donors (Lipinski definition) is 0. The average molecular weight is 206 g/mol. The van der Waals surface area contributed by atoms with E-state index in [9.17, 15) is 0 Å². The molecule has 16 heavy (non-hydrogen) atoms. The van der Waals surface area contributed by atoms with Gasteiger partial charge in [-0.05, 0) is 23.3 Å². The van der Waals surface area contributed by atoms with Gasteiger partial charge in [0.25, 0.3) is 0 Å². The van der Waals surface area contributed by atoms with Gasteiger partial charge in [0.15, 0.2) is 0 Å². The van der Waals surface area contributed by atoms with Crippen LogP contribution in [0.1, 0.15) is 5.56 Å². The van der Waals surface area contributed by atoms with Gasteiger partial charge in [-0.3, -0.25) is 0 Å². The predicted molar refractivity (Wildman–Crippen MR) is 65.4 cm³/mol. The van der Waals surface area contributed by atoms with Gasteiger partial charge in [0, 0.05) is 5.56 Å². The Morgan fingerprint density at radius 2 is 1.50 bits per heavy atom. The quantitative estimate of drug-likeness (QED) is 0.609. The molecule has 1 aliphatic heterocycles. The Hall–Kier alpha value is -2.22. The van der Waals surface area contributed by atoms with Gasteiger partial charge in [-0.15, -0.1) is 0 Å². The Morgan fingerprint density at radius 1 is 0.750 bits per heavy atom. The molecule has 1 heterocycles. The highest BCUT2D eigenvalue weighted by molar-refractivity contribution is 5.82. The first-order chi connectivity index (χ1) is 7.95. The average Bonchev–Trinajstić information content (AvgIpc) is 2.33. The lowest BCUT2D eigenvalue weighted by atomic mass is 9.98. The number of rotatable bonds is 0. The molecule has 1 aliphatic rings. The molecule has 0 N–H and O–H groups in total. The maximum absolute atomic E-state index is 4.18. The number of nitrogens with zero attached hydrogens (tertiary/aromatic N) is 2. The van der Waals surface area contributed by atoms with Gasteiger partial charge >= 0.3 is 0 Å². The SMILES string of the molecule is C1=Cc2ccccc2-c2ccccc2N=N1. The minimum atomic E-state index is 0.916. The van der Waals surface area contributed by atoms with Gasteiger partial charge in [-0.25, -0.2) is 0 Å². The fraction of sp³-hybridized carbons (Fsp3) is 0.